The minimum Gasteiger partial charge on any atom is -0.494 e. The van der Waals surface area contributed by atoms with Gasteiger partial charge in [0, 0.05) is 29.7 Å². The Morgan fingerprint density at radius 3 is 2.76 bits per heavy atom. The molecule has 4 nitrogen and oxygen atoms in total. The maximum absolute atomic E-state index is 12.5. The quantitative estimate of drug-likeness (QED) is 0.897. The van der Waals surface area contributed by atoms with Gasteiger partial charge in [0.15, 0.2) is 0 Å². The summed E-state index contributed by atoms with van der Waals surface area (Å²) in [6.45, 7) is 9.07. The van der Waals surface area contributed by atoms with Gasteiger partial charge in [0.05, 0.1) is 6.61 Å². The van der Waals surface area contributed by atoms with Crippen molar-refractivity contribution >= 4 is 5.91 Å². The molecule has 1 heterocycles. The number of hydrogen-bond donors (Lipinski definition) is 1. The van der Waals surface area contributed by atoms with E-state index in [0.29, 0.717) is 18.7 Å². The zero-order chi connectivity index (χ0) is 18.0. The van der Waals surface area contributed by atoms with E-state index in [0.717, 1.165) is 29.0 Å². The number of hydrogen-bond acceptors (Lipinski definition) is 3. The molecular weight excluding hydrogens is 314 g/mol. The first-order valence-electron chi connectivity index (χ1n) is 8.78. The molecule has 0 bridgehead atoms. The molecule has 25 heavy (non-hydrogen) atoms. The van der Waals surface area contributed by atoms with E-state index < -0.39 is 0 Å². The molecule has 1 N–H and O–H groups in total. The van der Waals surface area contributed by atoms with Gasteiger partial charge in [-0.05, 0) is 63.1 Å². The van der Waals surface area contributed by atoms with Crippen LogP contribution in [0.3, 0.4) is 0 Å². The molecule has 3 rings (SSSR count). The molecule has 0 fully saturated rings. The summed E-state index contributed by atoms with van der Waals surface area (Å²) >= 11 is 0. The molecule has 1 atom stereocenters. The number of amides is 1. The number of rotatable bonds is 5. The molecule has 1 aliphatic heterocycles. The summed E-state index contributed by atoms with van der Waals surface area (Å²) in [7, 11) is 0. The first kappa shape index (κ1) is 17.3. The molecule has 2 aromatic carbocycles. The van der Waals surface area contributed by atoms with Crippen LogP contribution in [0.25, 0.3) is 0 Å². The molecule has 0 saturated heterocycles. The van der Waals surface area contributed by atoms with Crippen LogP contribution in [-0.4, -0.2) is 18.6 Å². The van der Waals surface area contributed by atoms with E-state index in [4.69, 9.17) is 9.47 Å². The van der Waals surface area contributed by atoms with Gasteiger partial charge >= 0.3 is 0 Å². The number of ether oxygens (including phenoxy) is 2. The standard InChI is InChI=1S/C21H25NO3/c1-5-24-19-10-17-9-15(4)25-20(17)11-18(19)12-22-21(23)16-7-6-13(2)14(3)8-16/h6-8,10-11,15H,5,9,12H2,1-4H3,(H,22,23)/t15-/m1/s1. The van der Waals surface area contributed by atoms with Gasteiger partial charge in [-0.2, -0.15) is 0 Å². The van der Waals surface area contributed by atoms with Crippen LogP contribution in [0.1, 0.15) is 46.5 Å². The lowest BCUT2D eigenvalue weighted by Gasteiger charge is -2.13. The normalized spacial score (nSPS) is 15.4. The highest BCUT2D eigenvalue weighted by molar-refractivity contribution is 5.94. The van der Waals surface area contributed by atoms with Crippen molar-refractivity contribution in [2.24, 2.45) is 0 Å². The molecule has 0 aliphatic carbocycles. The van der Waals surface area contributed by atoms with Crippen molar-refractivity contribution in [3.63, 3.8) is 0 Å². The summed E-state index contributed by atoms with van der Waals surface area (Å²) in [6, 6.07) is 9.78. The van der Waals surface area contributed by atoms with E-state index in [9.17, 15) is 4.79 Å². The average molecular weight is 339 g/mol. The maximum Gasteiger partial charge on any atom is 0.251 e. The van der Waals surface area contributed by atoms with Crippen molar-refractivity contribution < 1.29 is 14.3 Å². The fourth-order valence-corrected chi connectivity index (χ4v) is 3.07. The summed E-state index contributed by atoms with van der Waals surface area (Å²) in [5.41, 5.74) is 5.07. The van der Waals surface area contributed by atoms with Crippen LogP contribution in [0, 0.1) is 13.8 Å². The third-order valence-corrected chi connectivity index (χ3v) is 4.59. The monoisotopic (exact) mass is 339 g/mol. The number of nitrogens with one attached hydrogen (secondary N) is 1. The molecular formula is C21H25NO3. The molecule has 1 amide bonds. The fraction of sp³-hybridized carbons (Fsp3) is 0.381. The molecule has 132 valence electrons. The van der Waals surface area contributed by atoms with Gasteiger partial charge in [-0.15, -0.1) is 0 Å². The minimum atomic E-state index is -0.0830. The Bertz CT molecular complexity index is 798. The Hall–Kier alpha value is -2.49. The Morgan fingerprint density at radius 1 is 1.24 bits per heavy atom. The van der Waals surface area contributed by atoms with Crippen LogP contribution < -0.4 is 14.8 Å². The molecule has 0 spiro atoms. The molecule has 0 unspecified atom stereocenters. The summed E-state index contributed by atoms with van der Waals surface area (Å²) < 4.78 is 11.6. The SMILES string of the molecule is CCOc1cc2c(cc1CNC(=O)c1ccc(C)c(C)c1)O[C@H](C)C2. The Balaban J connectivity index is 1.77. The van der Waals surface area contributed by atoms with Crippen molar-refractivity contribution in [2.45, 2.75) is 46.8 Å². The number of aryl methyl sites for hydroxylation is 2. The molecule has 1 aliphatic rings. The molecule has 2 aromatic rings. The van der Waals surface area contributed by atoms with Crippen molar-refractivity contribution in [3.05, 3.63) is 58.1 Å². The van der Waals surface area contributed by atoms with Gasteiger partial charge in [-0.1, -0.05) is 6.07 Å². The predicted molar refractivity (Wildman–Crippen MR) is 98.5 cm³/mol. The van der Waals surface area contributed by atoms with E-state index in [1.165, 1.54) is 11.1 Å². The van der Waals surface area contributed by atoms with Crippen LogP contribution in [-0.2, 0) is 13.0 Å². The van der Waals surface area contributed by atoms with Gasteiger partial charge in [0.1, 0.15) is 17.6 Å². The highest BCUT2D eigenvalue weighted by Crippen LogP contribution is 2.35. The van der Waals surface area contributed by atoms with E-state index in [2.05, 4.69) is 12.2 Å². The summed E-state index contributed by atoms with van der Waals surface area (Å²) in [4.78, 5) is 12.5. The maximum atomic E-state index is 12.5. The topological polar surface area (TPSA) is 47.6 Å². The van der Waals surface area contributed by atoms with Crippen molar-refractivity contribution in [1.82, 2.24) is 5.32 Å². The van der Waals surface area contributed by atoms with Crippen LogP contribution in [0.15, 0.2) is 30.3 Å². The third-order valence-electron chi connectivity index (χ3n) is 4.59. The van der Waals surface area contributed by atoms with Crippen molar-refractivity contribution in [3.8, 4) is 11.5 Å². The minimum absolute atomic E-state index is 0.0830. The van der Waals surface area contributed by atoms with Gasteiger partial charge in [0.2, 0.25) is 0 Å². The highest BCUT2D eigenvalue weighted by Gasteiger charge is 2.22. The highest BCUT2D eigenvalue weighted by atomic mass is 16.5. The fourth-order valence-electron chi connectivity index (χ4n) is 3.07. The van der Waals surface area contributed by atoms with Crippen molar-refractivity contribution in [1.29, 1.82) is 0 Å². The van der Waals surface area contributed by atoms with Gasteiger partial charge in [-0.3, -0.25) is 4.79 Å². The lowest BCUT2D eigenvalue weighted by atomic mass is 10.0. The second-order valence-corrected chi connectivity index (χ2v) is 6.61. The number of carbonyl (C=O) groups excluding carboxylic acids is 1. The number of carbonyl (C=O) groups is 1. The molecule has 0 aromatic heterocycles. The zero-order valence-corrected chi connectivity index (χ0v) is 15.3. The number of benzene rings is 2. The molecule has 0 radical (unpaired) electrons. The first-order valence-corrected chi connectivity index (χ1v) is 8.78. The summed E-state index contributed by atoms with van der Waals surface area (Å²) in [6.07, 6.45) is 1.08. The first-order chi connectivity index (χ1) is 12.0. The summed E-state index contributed by atoms with van der Waals surface area (Å²) in [5, 5.41) is 2.99. The predicted octanol–water partition coefficient (Wildman–Crippen LogP) is 3.96. The van der Waals surface area contributed by atoms with Gasteiger partial charge in [0.25, 0.3) is 5.91 Å². The second kappa shape index (κ2) is 7.18. The zero-order valence-electron chi connectivity index (χ0n) is 15.3. The van der Waals surface area contributed by atoms with E-state index in [1.807, 2.05) is 51.1 Å². The third kappa shape index (κ3) is 3.78. The van der Waals surface area contributed by atoms with E-state index in [1.54, 1.807) is 0 Å². The lowest BCUT2D eigenvalue weighted by Crippen LogP contribution is -2.23. The van der Waals surface area contributed by atoms with E-state index >= 15 is 0 Å². The smallest absolute Gasteiger partial charge is 0.251 e. The Morgan fingerprint density at radius 2 is 2.04 bits per heavy atom. The van der Waals surface area contributed by atoms with Crippen LogP contribution in [0.5, 0.6) is 11.5 Å². The van der Waals surface area contributed by atoms with Gasteiger partial charge < -0.3 is 14.8 Å². The van der Waals surface area contributed by atoms with Crippen molar-refractivity contribution in [2.75, 3.05) is 6.61 Å². The number of fused-ring (bicyclic) bond motifs is 1. The largest absolute Gasteiger partial charge is 0.494 e. The van der Waals surface area contributed by atoms with Crippen LogP contribution in [0.2, 0.25) is 0 Å². The Kier molecular flexibility index (Phi) is 4.98. The second-order valence-electron chi connectivity index (χ2n) is 6.61. The molecule has 4 heteroatoms. The van der Waals surface area contributed by atoms with Gasteiger partial charge in [-0.25, -0.2) is 0 Å². The van der Waals surface area contributed by atoms with E-state index in [-0.39, 0.29) is 12.0 Å². The Labute approximate surface area is 149 Å². The van der Waals surface area contributed by atoms with Crippen LogP contribution in [0.4, 0.5) is 0 Å². The summed E-state index contributed by atoms with van der Waals surface area (Å²) in [5.74, 6) is 1.63. The lowest BCUT2D eigenvalue weighted by molar-refractivity contribution is 0.0950. The average Bonchev–Trinajstić information content (AvgIpc) is 2.94. The van der Waals surface area contributed by atoms with Crippen LogP contribution >= 0.6 is 0 Å². The molecule has 0 saturated carbocycles.